The number of methoxy groups -OCH3 is 1. The molecule has 0 amide bonds. The lowest BCUT2D eigenvalue weighted by molar-refractivity contribution is -0.197. The van der Waals surface area contributed by atoms with Crippen LogP contribution in [0.4, 0.5) is 0 Å². The van der Waals surface area contributed by atoms with Gasteiger partial charge in [-0.05, 0) is 31.5 Å². The minimum absolute atomic E-state index is 0.0107. The molecule has 0 N–H and O–H groups in total. The molecule has 1 unspecified atom stereocenters. The molecule has 3 nitrogen and oxygen atoms in total. The minimum Gasteiger partial charge on any atom is -0.412 e. The highest BCUT2D eigenvalue weighted by Crippen LogP contribution is 2.81. The van der Waals surface area contributed by atoms with Crippen LogP contribution in [0.25, 0.3) is 0 Å². The second kappa shape index (κ2) is 4.94. The molecule has 6 atom stereocenters. The van der Waals surface area contributed by atoms with Crippen LogP contribution >= 0.6 is 0 Å². The Labute approximate surface area is 160 Å². The van der Waals surface area contributed by atoms with Crippen LogP contribution in [-0.4, -0.2) is 33.4 Å². The Balaban J connectivity index is 1.88. The molecule has 1 heterocycles. The molecule has 0 aromatic heterocycles. The van der Waals surface area contributed by atoms with Crippen molar-refractivity contribution in [3.8, 4) is 0 Å². The average molecular weight is 377 g/mol. The van der Waals surface area contributed by atoms with Gasteiger partial charge in [0.25, 0.3) is 0 Å². The Morgan fingerprint density at radius 3 is 2.35 bits per heavy atom. The first-order valence-corrected chi connectivity index (χ1v) is 13.0. The zero-order chi connectivity index (χ0) is 19.4. The topological polar surface area (TPSA) is 27.7 Å². The second-order valence-electron chi connectivity index (χ2n) is 11.0. The van der Waals surface area contributed by atoms with Crippen molar-refractivity contribution in [3.63, 3.8) is 0 Å². The summed E-state index contributed by atoms with van der Waals surface area (Å²) >= 11 is 0. The normalized spacial score (nSPS) is 49.5. The summed E-state index contributed by atoms with van der Waals surface area (Å²) in [4.78, 5) is 0. The molecular weight excluding hydrogens is 340 g/mol. The van der Waals surface area contributed by atoms with E-state index in [1.54, 1.807) is 7.11 Å². The van der Waals surface area contributed by atoms with E-state index in [9.17, 15) is 0 Å². The molecule has 26 heavy (non-hydrogen) atoms. The number of rotatable bonds is 3. The number of hydrogen-bond donors (Lipinski definition) is 0. The summed E-state index contributed by atoms with van der Waals surface area (Å²) in [5.41, 5.74) is 1.11. The van der Waals surface area contributed by atoms with E-state index in [0.717, 1.165) is 12.8 Å². The molecule has 1 aliphatic heterocycles. The first-order valence-electron chi connectivity index (χ1n) is 10.1. The van der Waals surface area contributed by atoms with E-state index < -0.39 is 8.32 Å². The first kappa shape index (κ1) is 18.9. The Hall–Kier alpha value is -0.423. The summed E-state index contributed by atoms with van der Waals surface area (Å²) in [6.07, 6.45) is 9.07. The first-order chi connectivity index (χ1) is 11.8. The third-order valence-corrected chi connectivity index (χ3v) is 13.6. The van der Waals surface area contributed by atoms with Crippen LogP contribution in [-0.2, 0) is 13.9 Å². The molecule has 0 radical (unpaired) electrons. The van der Waals surface area contributed by atoms with Gasteiger partial charge in [-0.1, -0.05) is 58.4 Å². The summed E-state index contributed by atoms with van der Waals surface area (Å²) in [5.74, 6) is 0. The quantitative estimate of drug-likeness (QED) is 0.485. The van der Waals surface area contributed by atoms with Crippen molar-refractivity contribution < 1.29 is 13.9 Å². The standard InChI is InChI=1S/C22H36O3Si/c1-15-10-11-22-20(6)13-12-19(20,5)17(25-26(8,9)18(2,3)4)21(15,22)14-16(23-7)24-22/h10,12-13,16-17H,11,14H2,1-9H3/t16?,17-,19+,20+,21-,22-/m0/s1. The number of ether oxygens (including phenoxy) is 2. The fourth-order valence-electron chi connectivity index (χ4n) is 6.17. The summed E-state index contributed by atoms with van der Waals surface area (Å²) < 4.78 is 19.7. The van der Waals surface area contributed by atoms with E-state index in [4.69, 9.17) is 13.9 Å². The largest absolute Gasteiger partial charge is 0.412 e. The fourth-order valence-corrected chi connectivity index (χ4v) is 7.56. The highest BCUT2D eigenvalue weighted by Gasteiger charge is 2.85. The van der Waals surface area contributed by atoms with E-state index in [-0.39, 0.29) is 39.3 Å². The van der Waals surface area contributed by atoms with Crippen LogP contribution in [0.15, 0.2) is 23.8 Å². The molecule has 0 spiro atoms. The molecule has 1 saturated carbocycles. The van der Waals surface area contributed by atoms with Gasteiger partial charge in [-0.3, -0.25) is 0 Å². The van der Waals surface area contributed by atoms with Gasteiger partial charge in [-0.15, -0.1) is 0 Å². The lowest BCUT2D eigenvalue weighted by Gasteiger charge is -2.54. The zero-order valence-corrected chi connectivity index (χ0v) is 19.0. The fraction of sp³-hybridized carbons (Fsp3) is 0.818. The molecule has 0 aromatic rings. The molecule has 146 valence electrons. The Morgan fingerprint density at radius 2 is 1.85 bits per heavy atom. The maximum Gasteiger partial charge on any atom is 0.192 e. The molecule has 0 bridgehead atoms. The van der Waals surface area contributed by atoms with Gasteiger partial charge < -0.3 is 13.9 Å². The zero-order valence-electron chi connectivity index (χ0n) is 18.0. The van der Waals surface area contributed by atoms with Crippen molar-refractivity contribution in [1.82, 2.24) is 0 Å². The highest BCUT2D eigenvalue weighted by molar-refractivity contribution is 6.74. The van der Waals surface area contributed by atoms with Gasteiger partial charge in [-0.25, -0.2) is 0 Å². The summed E-state index contributed by atoms with van der Waals surface area (Å²) in [7, 11) is -0.162. The third-order valence-electron chi connectivity index (χ3n) is 9.14. The molecular formula is C22H36O3Si. The van der Waals surface area contributed by atoms with Crippen molar-refractivity contribution in [2.24, 2.45) is 16.2 Å². The van der Waals surface area contributed by atoms with Crippen molar-refractivity contribution in [1.29, 1.82) is 0 Å². The predicted octanol–water partition coefficient (Wildman–Crippen LogP) is 5.44. The van der Waals surface area contributed by atoms with Crippen molar-refractivity contribution in [2.45, 2.75) is 90.5 Å². The Bertz CT molecular complexity index is 705. The molecule has 4 rings (SSSR count). The van der Waals surface area contributed by atoms with Crippen molar-refractivity contribution in [2.75, 3.05) is 7.11 Å². The van der Waals surface area contributed by atoms with Gasteiger partial charge >= 0.3 is 0 Å². The van der Waals surface area contributed by atoms with Gasteiger partial charge in [0, 0.05) is 24.4 Å². The SMILES string of the molecule is COC1C[C@@]23C(C)=CC[C@]2(O1)[C@]1(C)C=C[C@]1(C)[C@@H]3O[Si](C)(C)C(C)(C)C. The van der Waals surface area contributed by atoms with E-state index >= 15 is 0 Å². The lowest BCUT2D eigenvalue weighted by Crippen LogP contribution is -2.55. The predicted molar refractivity (Wildman–Crippen MR) is 107 cm³/mol. The van der Waals surface area contributed by atoms with Crippen LogP contribution < -0.4 is 0 Å². The van der Waals surface area contributed by atoms with E-state index in [1.807, 2.05) is 0 Å². The molecule has 2 fully saturated rings. The maximum absolute atomic E-state index is 7.25. The van der Waals surface area contributed by atoms with Crippen LogP contribution in [0.5, 0.6) is 0 Å². The van der Waals surface area contributed by atoms with Gasteiger partial charge in [0.15, 0.2) is 14.6 Å². The maximum atomic E-state index is 7.25. The average Bonchev–Trinajstić information content (AvgIpc) is 3.04. The van der Waals surface area contributed by atoms with Crippen LogP contribution in [0.1, 0.15) is 54.4 Å². The van der Waals surface area contributed by atoms with E-state index in [0.29, 0.717) is 0 Å². The summed E-state index contributed by atoms with van der Waals surface area (Å²) in [6.45, 7) is 18.8. The highest BCUT2D eigenvalue weighted by atomic mass is 28.4. The third kappa shape index (κ3) is 1.72. The van der Waals surface area contributed by atoms with Crippen LogP contribution in [0.2, 0.25) is 18.1 Å². The van der Waals surface area contributed by atoms with Crippen molar-refractivity contribution in [3.05, 3.63) is 23.8 Å². The summed E-state index contributed by atoms with van der Waals surface area (Å²) in [6, 6.07) is 0. The summed E-state index contributed by atoms with van der Waals surface area (Å²) in [5, 5.41) is 0.186. The second-order valence-corrected chi connectivity index (χ2v) is 15.7. The van der Waals surface area contributed by atoms with Gasteiger partial charge in [-0.2, -0.15) is 0 Å². The Morgan fingerprint density at radius 1 is 1.19 bits per heavy atom. The van der Waals surface area contributed by atoms with Crippen LogP contribution in [0.3, 0.4) is 0 Å². The van der Waals surface area contributed by atoms with E-state index in [2.05, 4.69) is 72.9 Å². The number of fused-ring (bicyclic) bond motifs is 1. The lowest BCUT2D eigenvalue weighted by atomic mass is 9.54. The molecule has 0 aromatic carbocycles. The molecule has 4 aliphatic rings. The van der Waals surface area contributed by atoms with Gasteiger partial charge in [0.2, 0.25) is 0 Å². The molecule has 3 aliphatic carbocycles. The van der Waals surface area contributed by atoms with E-state index in [1.165, 1.54) is 5.57 Å². The smallest absolute Gasteiger partial charge is 0.192 e. The monoisotopic (exact) mass is 376 g/mol. The minimum atomic E-state index is -1.94. The molecule has 1 saturated heterocycles. The Kier molecular flexibility index (Phi) is 3.60. The van der Waals surface area contributed by atoms with Crippen LogP contribution in [0, 0.1) is 16.2 Å². The van der Waals surface area contributed by atoms with Crippen molar-refractivity contribution >= 4 is 8.32 Å². The van der Waals surface area contributed by atoms with Gasteiger partial charge in [0.05, 0.1) is 17.1 Å². The van der Waals surface area contributed by atoms with Gasteiger partial charge in [0.1, 0.15) is 0 Å². The number of hydrogen-bond acceptors (Lipinski definition) is 3. The molecule has 4 heteroatoms.